The molecule has 6 nitrogen and oxygen atoms in total. The fourth-order valence-corrected chi connectivity index (χ4v) is 2.46. The van der Waals surface area contributed by atoms with Crippen LogP contribution in [-0.2, 0) is 4.74 Å². The summed E-state index contributed by atoms with van der Waals surface area (Å²) in [4.78, 5) is 24.8. The highest BCUT2D eigenvalue weighted by Crippen LogP contribution is 2.24. The molecule has 2 N–H and O–H groups in total. The van der Waals surface area contributed by atoms with Gasteiger partial charge < -0.3 is 20.1 Å². The second-order valence-electron chi connectivity index (χ2n) is 5.09. The molecule has 21 heavy (non-hydrogen) atoms. The molecule has 2 atom stereocenters. The number of carboxylic acids is 1. The summed E-state index contributed by atoms with van der Waals surface area (Å²) >= 11 is 5.99. The van der Waals surface area contributed by atoms with Gasteiger partial charge in [0.2, 0.25) is 0 Å². The standard InChI is InChI=1S/C14H17ClN2O4/c1-8-6-17(7-9(2)21-8)14(20)16-12-5-10(13(18)19)3-4-11(12)15/h3-5,8-9H,6-7H2,1-2H3,(H,16,20)(H,18,19)/t8-,9+. The molecule has 2 rings (SSSR count). The highest BCUT2D eigenvalue weighted by Gasteiger charge is 2.26. The number of rotatable bonds is 2. The number of halogens is 1. The lowest BCUT2D eigenvalue weighted by Crippen LogP contribution is -2.49. The summed E-state index contributed by atoms with van der Waals surface area (Å²) in [6.07, 6.45) is -0.0827. The van der Waals surface area contributed by atoms with E-state index in [2.05, 4.69) is 5.32 Å². The Balaban J connectivity index is 2.12. The van der Waals surface area contributed by atoms with Crippen molar-refractivity contribution in [1.29, 1.82) is 0 Å². The first-order valence-corrected chi connectivity index (χ1v) is 6.99. The van der Waals surface area contributed by atoms with Gasteiger partial charge in [-0.1, -0.05) is 11.6 Å². The molecule has 1 aliphatic rings. The Hall–Kier alpha value is -1.79. The smallest absolute Gasteiger partial charge is 0.335 e. The Kier molecular flexibility index (Phi) is 4.69. The summed E-state index contributed by atoms with van der Waals surface area (Å²) in [5, 5.41) is 11.9. The lowest BCUT2D eigenvalue weighted by Gasteiger charge is -2.35. The number of hydrogen-bond acceptors (Lipinski definition) is 3. The van der Waals surface area contributed by atoms with E-state index >= 15 is 0 Å². The van der Waals surface area contributed by atoms with E-state index in [1.165, 1.54) is 18.2 Å². The van der Waals surface area contributed by atoms with Crippen LogP contribution in [-0.4, -0.2) is 47.3 Å². The molecular weight excluding hydrogens is 296 g/mol. The first-order chi connectivity index (χ1) is 9.86. The summed E-state index contributed by atoms with van der Waals surface area (Å²) in [5.41, 5.74) is 0.353. The van der Waals surface area contributed by atoms with E-state index in [-0.39, 0.29) is 29.5 Å². The van der Waals surface area contributed by atoms with E-state index in [0.29, 0.717) is 18.1 Å². The van der Waals surface area contributed by atoms with Gasteiger partial charge in [-0.05, 0) is 32.0 Å². The normalized spacial score (nSPS) is 22.0. The summed E-state index contributed by atoms with van der Waals surface area (Å²) in [6, 6.07) is 3.86. The number of carbonyl (C=O) groups excluding carboxylic acids is 1. The summed E-state index contributed by atoms with van der Waals surface area (Å²) in [5.74, 6) is -1.07. The Morgan fingerprint density at radius 2 is 1.95 bits per heavy atom. The van der Waals surface area contributed by atoms with E-state index in [9.17, 15) is 9.59 Å². The third-order valence-electron chi connectivity index (χ3n) is 3.16. The minimum atomic E-state index is -1.07. The number of morpholine rings is 1. The number of ether oxygens (including phenoxy) is 1. The molecule has 7 heteroatoms. The van der Waals surface area contributed by atoms with Gasteiger partial charge in [0.05, 0.1) is 28.5 Å². The van der Waals surface area contributed by atoms with Crippen molar-refractivity contribution in [1.82, 2.24) is 4.90 Å². The van der Waals surface area contributed by atoms with Crippen molar-refractivity contribution in [3.63, 3.8) is 0 Å². The highest BCUT2D eigenvalue weighted by molar-refractivity contribution is 6.33. The number of benzene rings is 1. The van der Waals surface area contributed by atoms with Gasteiger partial charge >= 0.3 is 12.0 Å². The van der Waals surface area contributed by atoms with Crippen LogP contribution in [0.25, 0.3) is 0 Å². The lowest BCUT2D eigenvalue weighted by molar-refractivity contribution is -0.0530. The average molecular weight is 313 g/mol. The number of urea groups is 1. The maximum absolute atomic E-state index is 12.2. The summed E-state index contributed by atoms with van der Waals surface area (Å²) in [7, 11) is 0. The van der Waals surface area contributed by atoms with Crippen LogP contribution in [0.1, 0.15) is 24.2 Å². The molecule has 1 heterocycles. The van der Waals surface area contributed by atoms with Crippen LogP contribution in [0.4, 0.5) is 10.5 Å². The van der Waals surface area contributed by atoms with E-state index in [1.807, 2.05) is 13.8 Å². The van der Waals surface area contributed by atoms with Crippen LogP contribution in [0, 0.1) is 0 Å². The predicted octanol–water partition coefficient (Wildman–Crippen LogP) is 2.68. The molecule has 1 saturated heterocycles. The van der Waals surface area contributed by atoms with Gasteiger partial charge in [0.1, 0.15) is 0 Å². The SMILES string of the molecule is C[C@@H]1CN(C(=O)Nc2cc(C(=O)O)ccc2Cl)C[C@H](C)O1. The van der Waals surface area contributed by atoms with Crippen LogP contribution in [0.3, 0.4) is 0 Å². The van der Waals surface area contributed by atoms with Gasteiger partial charge in [0.25, 0.3) is 0 Å². The molecule has 0 radical (unpaired) electrons. The van der Waals surface area contributed by atoms with Crippen molar-refractivity contribution in [2.75, 3.05) is 18.4 Å². The van der Waals surface area contributed by atoms with Crippen LogP contribution in [0.2, 0.25) is 5.02 Å². The zero-order valence-electron chi connectivity index (χ0n) is 11.8. The zero-order valence-corrected chi connectivity index (χ0v) is 12.6. The zero-order chi connectivity index (χ0) is 15.6. The molecule has 114 valence electrons. The molecule has 0 unspecified atom stereocenters. The van der Waals surface area contributed by atoms with Crippen LogP contribution < -0.4 is 5.32 Å². The number of amides is 2. The topological polar surface area (TPSA) is 78.9 Å². The number of nitrogens with zero attached hydrogens (tertiary/aromatic N) is 1. The van der Waals surface area contributed by atoms with Crippen molar-refractivity contribution in [2.45, 2.75) is 26.1 Å². The Labute approximate surface area is 127 Å². The molecule has 1 aromatic carbocycles. The molecule has 0 aromatic heterocycles. The van der Waals surface area contributed by atoms with E-state index in [0.717, 1.165) is 0 Å². The van der Waals surface area contributed by atoms with Gasteiger partial charge in [-0.25, -0.2) is 9.59 Å². The van der Waals surface area contributed by atoms with Crippen molar-refractivity contribution < 1.29 is 19.4 Å². The third-order valence-corrected chi connectivity index (χ3v) is 3.49. The monoisotopic (exact) mass is 312 g/mol. The average Bonchev–Trinajstić information content (AvgIpc) is 2.39. The fourth-order valence-electron chi connectivity index (χ4n) is 2.29. The number of nitrogens with one attached hydrogen (secondary N) is 1. The second-order valence-corrected chi connectivity index (χ2v) is 5.50. The number of carboxylic acid groups (broad SMARTS) is 1. The van der Waals surface area contributed by atoms with Crippen LogP contribution in [0.15, 0.2) is 18.2 Å². The van der Waals surface area contributed by atoms with Gasteiger partial charge in [-0.15, -0.1) is 0 Å². The molecule has 1 aromatic rings. The highest BCUT2D eigenvalue weighted by atomic mass is 35.5. The molecule has 0 spiro atoms. The van der Waals surface area contributed by atoms with Gasteiger partial charge in [0.15, 0.2) is 0 Å². The second kappa shape index (κ2) is 6.32. The molecule has 1 aliphatic heterocycles. The van der Waals surface area contributed by atoms with Crippen LogP contribution in [0.5, 0.6) is 0 Å². The quantitative estimate of drug-likeness (QED) is 0.880. The number of carbonyl (C=O) groups is 2. The van der Waals surface area contributed by atoms with Crippen molar-refractivity contribution in [3.8, 4) is 0 Å². The first kappa shape index (κ1) is 15.6. The third kappa shape index (κ3) is 3.86. The lowest BCUT2D eigenvalue weighted by atomic mass is 10.2. The maximum Gasteiger partial charge on any atom is 0.335 e. The summed E-state index contributed by atoms with van der Waals surface area (Å²) < 4.78 is 5.57. The molecule has 0 saturated carbocycles. The summed E-state index contributed by atoms with van der Waals surface area (Å²) in [6.45, 7) is 4.75. The predicted molar refractivity (Wildman–Crippen MR) is 79.0 cm³/mol. The molecular formula is C14H17ClN2O4. The largest absolute Gasteiger partial charge is 0.478 e. The molecule has 1 fully saturated rings. The van der Waals surface area contributed by atoms with E-state index in [1.54, 1.807) is 4.90 Å². The Bertz CT molecular complexity index is 554. The van der Waals surface area contributed by atoms with Crippen molar-refractivity contribution in [3.05, 3.63) is 28.8 Å². The van der Waals surface area contributed by atoms with Crippen LogP contribution >= 0.6 is 11.6 Å². The van der Waals surface area contributed by atoms with Gasteiger partial charge in [-0.2, -0.15) is 0 Å². The van der Waals surface area contributed by atoms with Gasteiger partial charge in [-0.3, -0.25) is 0 Å². The molecule has 2 amide bonds. The molecule has 0 aliphatic carbocycles. The van der Waals surface area contributed by atoms with Crippen molar-refractivity contribution >= 4 is 29.3 Å². The Morgan fingerprint density at radius 1 is 1.33 bits per heavy atom. The number of anilines is 1. The minimum absolute atomic E-state index is 0.0414. The first-order valence-electron chi connectivity index (χ1n) is 6.61. The van der Waals surface area contributed by atoms with Gasteiger partial charge in [0, 0.05) is 13.1 Å². The molecule has 0 bridgehead atoms. The van der Waals surface area contributed by atoms with E-state index < -0.39 is 5.97 Å². The number of hydrogen-bond donors (Lipinski definition) is 2. The Morgan fingerprint density at radius 3 is 2.52 bits per heavy atom. The van der Waals surface area contributed by atoms with Crippen molar-refractivity contribution in [2.24, 2.45) is 0 Å². The maximum atomic E-state index is 12.2. The van der Waals surface area contributed by atoms with E-state index in [4.69, 9.17) is 21.4 Å². The minimum Gasteiger partial charge on any atom is -0.478 e. The fraction of sp³-hybridized carbons (Fsp3) is 0.429. The number of aromatic carboxylic acids is 1.